The van der Waals surface area contributed by atoms with E-state index in [0.29, 0.717) is 0 Å². The van der Waals surface area contributed by atoms with Crippen LogP contribution in [0, 0.1) is 0 Å². The highest BCUT2D eigenvalue weighted by molar-refractivity contribution is 7.99. The standard InChI is InChI=1S/C25H23O2PS/c1-2-29-17-7-16-28-26-22-14-12-18-8-3-5-10-20(18)24(22)25-21-11-6-4-9-19(21)13-15-23(25)27-28/h3-6,8-15H,2,7,16-17H2,1H3. The number of aryl methyl sites for hydroxylation is 1. The van der Waals surface area contributed by atoms with Crippen LogP contribution >= 0.6 is 19.8 Å². The molecule has 1 heterocycles. The highest BCUT2D eigenvalue weighted by Gasteiger charge is 2.12. The minimum Gasteiger partial charge on any atom is -0.419 e. The number of hydrogen-bond acceptors (Lipinski definition) is 3. The molecule has 0 atom stereocenters. The molecule has 4 heteroatoms. The summed E-state index contributed by atoms with van der Waals surface area (Å²) in [7, 11) is -1.01. The molecule has 0 aliphatic heterocycles. The van der Waals surface area contributed by atoms with Crippen LogP contribution in [0.15, 0.2) is 81.2 Å². The van der Waals surface area contributed by atoms with Crippen LogP contribution < -0.4 is 0 Å². The second-order valence-electron chi connectivity index (χ2n) is 7.11. The molecule has 0 saturated carbocycles. The molecule has 0 unspecified atom stereocenters. The van der Waals surface area contributed by atoms with E-state index < -0.39 is 8.01 Å². The van der Waals surface area contributed by atoms with Gasteiger partial charge in [0.15, 0.2) is 0 Å². The predicted octanol–water partition coefficient (Wildman–Crippen LogP) is 8.74. The molecule has 0 saturated heterocycles. The van der Waals surface area contributed by atoms with Gasteiger partial charge in [0.25, 0.3) is 0 Å². The van der Waals surface area contributed by atoms with Gasteiger partial charge in [0, 0.05) is 10.8 Å². The van der Waals surface area contributed by atoms with E-state index in [0.717, 1.165) is 46.0 Å². The average Bonchev–Trinajstić information content (AvgIpc) is 2.93. The second-order valence-corrected chi connectivity index (χ2v) is 9.98. The topological polar surface area (TPSA) is 26.3 Å². The molecule has 0 radical (unpaired) electrons. The smallest absolute Gasteiger partial charge is 0.216 e. The van der Waals surface area contributed by atoms with Crippen LogP contribution in [-0.2, 0) is 6.16 Å². The summed E-state index contributed by atoms with van der Waals surface area (Å²) >= 11 is 1.98. The zero-order valence-electron chi connectivity index (χ0n) is 16.4. The fraction of sp³-hybridized carbons (Fsp3) is 0.200. The Morgan fingerprint density at radius 2 is 1.28 bits per heavy atom. The summed E-state index contributed by atoms with van der Waals surface area (Å²) in [6, 6.07) is 25.6. The summed E-state index contributed by atoms with van der Waals surface area (Å²) in [5, 5.41) is 7.18. The molecular formula is C25H23O2PS. The Bertz CT molecular complexity index is 1260. The molecule has 29 heavy (non-hydrogen) atoms. The van der Waals surface area contributed by atoms with Crippen LogP contribution in [0.3, 0.4) is 0 Å². The molecule has 0 amide bonds. The van der Waals surface area contributed by atoms with Crippen molar-refractivity contribution in [1.82, 2.24) is 0 Å². The third-order valence-electron chi connectivity index (χ3n) is 5.27. The van der Waals surface area contributed by atoms with Crippen LogP contribution in [0.25, 0.3) is 43.5 Å². The van der Waals surface area contributed by atoms with Crippen molar-refractivity contribution in [3.05, 3.63) is 72.8 Å². The van der Waals surface area contributed by atoms with Crippen LogP contribution in [0.5, 0.6) is 0 Å². The molecule has 1 aromatic heterocycles. The summed E-state index contributed by atoms with van der Waals surface area (Å²) in [4.78, 5) is 0. The molecule has 0 spiro atoms. The molecule has 5 aromatic rings. The minimum atomic E-state index is -1.01. The first-order valence-corrected chi connectivity index (χ1v) is 12.6. The fourth-order valence-corrected chi connectivity index (χ4v) is 6.17. The molecular weight excluding hydrogens is 395 g/mol. The Kier molecular flexibility index (Phi) is 5.26. The van der Waals surface area contributed by atoms with Crippen molar-refractivity contribution in [2.45, 2.75) is 19.5 Å². The number of thioether (sulfide) groups is 1. The summed E-state index contributed by atoms with van der Waals surface area (Å²) < 4.78 is 13.0. The van der Waals surface area contributed by atoms with E-state index in [2.05, 4.69) is 79.7 Å². The largest absolute Gasteiger partial charge is 0.419 e. The molecule has 2 nitrogen and oxygen atoms in total. The Morgan fingerprint density at radius 3 is 1.83 bits per heavy atom. The van der Waals surface area contributed by atoms with Crippen molar-refractivity contribution in [2.75, 3.05) is 11.5 Å². The van der Waals surface area contributed by atoms with Gasteiger partial charge >= 0.3 is 0 Å². The molecule has 0 aliphatic carbocycles. The van der Waals surface area contributed by atoms with Crippen molar-refractivity contribution >= 4 is 63.3 Å². The number of hydrogen-bond donors (Lipinski definition) is 0. The third kappa shape index (κ3) is 3.54. The van der Waals surface area contributed by atoms with E-state index in [-0.39, 0.29) is 0 Å². The first-order chi connectivity index (χ1) is 14.3. The number of rotatable bonds is 5. The molecule has 5 rings (SSSR count). The second kappa shape index (κ2) is 8.18. The summed E-state index contributed by atoms with van der Waals surface area (Å²) in [6.45, 7) is 2.21. The van der Waals surface area contributed by atoms with Gasteiger partial charge in [-0.25, -0.2) is 0 Å². The lowest BCUT2D eigenvalue weighted by Crippen LogP contribution is -1.79. The van der Waals surface area contributed by atoms with E-state index in [4.69, 9.17) is 8.39 Å². The summed E-state index contributed by atoms with van der Waals surface area (Å²) in [5.41, 5.74) is 1.88. The maximum absolute atomic E-state index is 6.51. The molecule has 0 aliphatic rings. The van der Waals surface area contributed by atoms with Crippen molar-refractivity contribution in [3.8, 4) is 0 Å². The minimum absolute atomic E-state index is 0.938. The molecule has 0 fully saturated rings. The van der Waals surface area contributed by atoms with Gasteiger partial charge < -0.3 is 8.39 Å². The van der Waals surface area contributed by atoms with Crippen LogP contribution in [0.4, 0.5) is 0 Å². The highest BCUT2D eigenvalue weighted by atomic mass is 32.2. The van der Waals surface area contributed by atoms with Gasteiger partial charge in [-0.2, -0.15) is 11.8 Å². The van der Waals surface area contributed by atoms with Crippen molar-refractivity contribution in [1.29, 1.82) is 0 Å². The monoisotopic (exact) mass is 418 g/mol. The zero-order chi connectivity index (χ0) is 19.6. The van der Waals surface area contributed by atoms with Gasteiger partial charge in [-0.3, -0.25) is 0 Å². The Hall–Kier alpha value is -2.35. The van der Waals surface area contributed by atoms with Gasteiger partial charge in [0.1, 0.15) is 11.2 Å². The van der Waals surface area contributed by atoms with Crippen LogP contribution in [-0.4, -0.2) is 11.5 Å². The highest BCUT2D eigenvalue weighted by Crippen LogP contribution is 2.41. The van der Waals surface area contributed by atoms with E-state index in [9.17, 15) is 0 Å². The SMILES string of the molecule is CCSCCCp1oc2ccc3ccccc3c2c2c(ccc3ccccc32)o1. The molecule has 0 bridgehead atoms. The van der Waals surface area contributed by atoms with E-state index in [1.54, 1.807) is 0 Å². The van der Waals surface area contributed by atoms with Gasteiger partial charge in [-0.1, -0.05) is 67.6 Å². The van der Waals surface area contributed by atoms with Crippen molar-refractivity contribution < 1.29 is 8.39 Å². The van der Waals surface area contributed by atoms with Crippen molar-refractivity contribution in [3.63, 3.8) is 0 Å². The van der Waals surface area contributed by atoms with Crippen molar-refractivity contribution in [2.24, 2.45) is 0 Å². The lowest BCUT2D eigenvalue weighted by molar-refractivity contribution is 0.631. The summed E-state index contributed by atoms with van der Waals surface area (Å²) in [6.07, 6.45) is 2.05. The van der Waals surface area contributed by atoms with Crippen LogP contribution in [0.1, 0.15) is 13.3 Å². The van der Waals surface area contributed by atoms with Gasteiger partial charge in [-0.05, 0) is 51.6 Å². The fourth-order valence-electron chi connectivity index (χ4n) is 3.94. The first kappa shape index (κ1) is 18.7. The lowest BCUT2D eigenvalue weighted by atomic mass is 9.99. The maximum atomic E-state index is 6.51. The normalized spacial score (nSPS) is 11.6. The Labute approximate surface area is 175 Å². The zero-order valence-corrected chi connectivity index (χ0v) is 18.1. The van der Waals surface area contributed by atoms with Gasteiger partial charge in [0.2, 0.25) is 8.01 Å². The van der Waals surface area contributed by atoms with Gasteiger partial charge in [-0.15, -0.1) is 0 Å². The predicted molar refractivity (Wildman–Crippen MR) is 129 cm³/mol. The van der Waals surface area contributed by atoms with E-state index in [1.165, 1.54) is 21.5 Å². The maximum Gasteiger partial charge on any atom is 0.216 e. The van der Waals surface area contributed by atoms with E-state index in [1.807, 2.05) is 11.8 Å². The number of benzene rings is 4. The Morgan fingerprint density at radius 1 is 0.724 bits per heavy atom. The third-order valence-corrected chi connectivity index (χ3v) is 7.73. The molecule has 0 N–H and O–H groups in total. The van der Waals surface area contributed by atoms with Crippen LogP contribution in [0.2, 0.25) is 0 Å². The Balaban J connectivity index is 1.89. The lowest BCUT2D eigenvalue weighted by Gasteiger charge is -2.05. The number of fused-ring (bicyclic) bond motifs is 7. The average molecular weight is 418 g/mol. The first-order valence-electron chi connectivity index (χ1n) is 10.1. The van der Waals surface area contributed by atoms with E-state index >= 15 is 0 Å². The molecule has 146 valence electrons. The quantitative estimate of drug-likeness (QED) is 0.267. The van der Waals surface area contributed by atoms with Gasteiger partial charge in [0.05, 0.1) is 6.16 Å². The molecule has 4 aromatic carbocycles. The summed E-state index contributed by atoms with van der Waals surface area (Å²) in [5.74, 6) is 2.31.